The number of nitrogens with two attached hydrogens (primary N) is 1. The molecule has 1 fully saturated rings. The van der Waals surface area contributed by atoms with Crippen molar-refractivity contribution in [2.45, 2.75) is 18.8 Å². The first-order chi connectivity index (χ1) is 17.6. The number of ether oxygens (including phenoxy) is 4. The third-order valence-electron chi connectivity index (χ3n) is 5.33. The molecule has 3 amide bonds. The number of urea groups is 1. The van der Waals surface area contributed by atoms with E-state index in [0.29, 0.717) is 35.1 Å². The molecular formula is C24H27N5O7. The van der Waals surface area contributed by atoms with E-state index >= 15 is 0 Å². The molecule has 190 valence electrons. The van der Waals surface area contributed by atoms with Gasteiger partial charge in [-0.1, -0.05) is 12.1 Å². The van der Waals surface area contributed by atoms with Crippen molar-refractivity contribution >= 4 is 23.5 Å². The Labute approximate surface area is 207 Å². The number of hydrogen-bond donors (Lipinski definition) is 4. The lowest BCUT2D eigenvalue weighted by Crippen LogP contribution is -2.37. The molecule has 5 N–H and O–H groups in total. The molecule has 0 radical (unpaired) electrons. The number of rotatable bonds is 9. The van der Waals surface area contributed by atoms with Gasteiger partial charge in [0, 0.05) is 24.0 Å². The number of aromatic nitrogens is 1. The second kappa shape index (κ2) is 12.0. The molecule has 0 aliphatic carbocycles. The van der Waals surface area contributed by atoms with Crippen LogP contribution in [0.5, 0.6) is 5.75 Å². The Morgan fingerprint density at radius 2 is 1.92 bits per heavy atom. The number of oxazole rings is 1. The zero-order valence-electron chi connectivity index (χ0n) is 19.6. The fourth-order valence-electron chi connectivity index (χ4n) is 3.63. The first kappa shape index (κ1) is 25.0. The van der Waals surface area contributed by atoms with Crippen LogP contribution in [-0.2, 0) is 20.8 Å². The monoisotopic (exact) mass is 497 g/mol. The van der Waals surface area contributed by atoms with Crippen molar-refractivity contribution in [2.24, 2.45) is 5.73 Å². The molecule has 0 bridgehead atoms. The SMILES string of the molecule is COc1cc(NC(=O)Nc2cccc(CNC(=O)OC3COCC3OCN)c2)ccc1-c1cnco1. The molecule has 2 heterocycles. The number of alkyl carbamates (subject to hydrolysis) is 1. The minimum Gasteiger partial charge on any atom is -0.496 e. The van der Waals surface area contributed by atoms with Crippen LogP contribution in [0.4, 0.5) is 21.0 Å². The van der Waals surface area contributed by atoms with Crippen molar-refractivity contribution in [1.29, 1.82) is 0 Å². The smallest absolute Gasteiger partial charge is 0.407 e. The number of amides is 3. The molecular weight excluding hydrogens is 470 g/mol. The van der Waals surface area contributed by atoms with E-state index in [1.165, 1.54) is 13.5 Å². The first-order valence-electron chi connectivity index (χ1n) is 11.1. The predicted molar refractivity (Wildman–Crippen MR) is 129 cm³/mol. The number of carbonyl (C=O) groups excluding carboxylic acids is 2. The number of benzene rings is 2. The lowest BCUT2D eigenvalue weighted by Gasteiger charge is -2.18. The lowest BCUT2D eigenvalue weighted by atomic mass is 10.1. The highest BCUT2D eigenvalue weighted by Crippen LogP contribution is 2.32. The van der Waals surface area contributed by atoms with E-state index in [9.17, 15) is 9.59 Å². The second-order valence-corrected chi connectivity index (χ2v) is 7.77. The summed E-state index contributed by atoms with van der Waals surface area (Å²) < 4.78 is 26.6. The van der Waals surface area contributed by atoms with Crippen LogP contribution in [0, 0.1) is 0 Å². The van der Waals surface area contributed by atoms with Crippen molar-refractivity contribution in [3.63, 3.8) is 0 Å². The minimum atomic E-state index is -0.602. The maximum atomic E-state index is 12.5. The average Bonchev–Trinajstić information content (AvgIpc) is 3.56. The van der Waals surface area contributed by atoms with Gasteiger partial charge in [0.25, 0.3) is 0 Å². The highest BCUT2D eigenvalue weighted by Gasteiger charge is 2.32. The fourth-order valence-corrected chi connectivity index (χ4v) is 3.63. The van der Waals surface area contributed by atoms with Crippen LogP contribution in [0.15, 0.2) is 59.5 Å². The molecule has 2 atom stereocenters. The number of carbonyl (C=O) groups is 2. The molecule has 1 aliphatic rings. The van der Waals surface area contributed by atoms with Gasteiger partial charge < -0.3 is 45.0 Å². The Morgan fingerprint density at radius 3 is 2.67 bits per heavy atom. The number of hydrogen-bond acceptors (Lipinski definition) is 9. The maximum absolute atomic E-state index is 12.5. The number of nitrogens with zero attached hydrogens (tertiary/aromatic N) is 1. The minimum absolute atomic E-state index is 0.0182. The van der Waals surface area contributed by atoms with Gasteiger partial charge in [0.2, 0.25) is 0 Å². The zero-order chi connectivity index (χ0) is 25.3. The van der Waals surface area contributed by atoms with E-state index in [0.717, 1.165) is 5.56 Å². The normalized spacial score (nSPS) is 16.8. The van der Waals surface area contributed by atoms with Crippen LogP contribution in [0.3, 0.4) is 0 Å². The Balaban J connectivity index is 1.29. The summed E-state index contributed by atoms with van der Waals surface area (Å²) in [6, 6.07) is 11.8. The van der Waals surface area contributed by atoms with Crippen LogP contribution >= 0.6 is 0 Å². The van der Waals surface area contributed by atoms with E-state index in [4.69, 9.17) is 29.1 Å². The van der Waals surface area contributed by atoms with E-state index in [-0.39, 0.29) is 26.0 Å². The van der Waals surface area contributed by atoms with E-state index < -0.39 is 18.2 Å². The molecule has 2 unspecified atom stereocenters. The molecule has 1 aliphatic heterocycles. The van der Waals surface area contributed by atoms with Crippen LogP contribution in [0.1, 0.15) is 5.56 Å². The van der Waals surface area contributed by atoms with Crippen molar-refractivity contribution in [3.05, 3.63) is 60.6 Å². The number of methoxy groups -OCH3 is 1. The largest absolute Gasteiger partial charge is 0.496 e. The van der Waals surface area contributed by atoms with Gasteiger partial charge >= 0.3 is 12.1 Å². The quantitative estimate of drug-likeness (QED) is 0.326. The summed E-state index contributed by atoms with van der Waals surface area (Å²) in [5.74, 6) is 1.08. The molecule has 3 aromatic rings. The lowest BCUT2D eigenvalue weighted by molar-refractivity contribution is -0.0154. The summed E-state index contributed by atoms with van der Waals surface area (Å²) in [6.45, 7) is 0.793. The van der Waals surface area contributed by atoms with Crippen molar-refractivity contribution in [3.8, 4) is 17.1 Å². The van der Waals surface area contributed by atoms with Crippen molar-refractivity contribution in [2.75, 3.05) is 37.7 Å². The fraction of sp³-hybridized carbons (Fsp3) is 0.292. The molecule has 12 heteroatoms. The third-order valence-corrected chi connectivity index (χ3v) is 5.33. The van der Waals surface area contributed by atoms with Crippen molar-refractivity contribution < 1.29 is 33.0 Å². The summed E-state index contributed by atoms with van der Waals surface area (Å²) in [7, 11) is 1.53. The molecule has 36 heavy (non-hydrogen) atoms. The molecule has 12 nitrogen and oxygen atoms in total. The van der Waals surface area contributed by atoms with Crippen LogP contribution < -0.4 is 26.4 Å². The van der Waals surface area contributed by atoms with Crippen LogP contribution in [0.2, 0.25) is 0 Å². The van der Waals surface area contributed by atoms with E-state index in [1.54, 1.807) is 42.6 Å². The zero-order valence-corrected chi connectivity index (χ0v) is 19.6. The van der Waals surface area contributed by atoms with E-state index in [1.807, 2.05) is 6.07 Å². The van der Waals surface area contributed by atoms with Gasteiger partial charge in [-0.3, -0.25) is 0 Å². The van der Waals surface area contributed by atoms with Crippen LogP contribution in [-0.4, -0.2) is 56.4 Å². The highest BCUT2D eigenvalue weighted by atomic mass is 16.6. The Hall–Kier alpha value is -4.13. The maximum Gasteiger partial charge on any atom is 0.407 e. The molecule has 0 saturated carbocycles. The van der Waals surface area contributed by atoms with Crippen LogP contribution in [0.25, 0.3) is 11.3 Å². The third kappa shape index (κ3) is 6.50. The summed E-state index contributed by atoms with van der Waals surface area (Å²) in [6.07, 6.45) is 1.41. The molecule has 0 spiro atoms. The van der Waals surface area contributed by atoms with Gasteiger partial charge in [0.1, 0.15) is 11.9 Å². The molecule has 4 rings (SSSR count). The van der Waals surface area contributed by atoms with Gasteiger partial charge in [-0.25, -0.2) is 14.6 Å². The molecule has 1 aromatic heterocycles. The Morgan fingerprint density at radius 1 is 1.11 bits per heavy atom. The average molecular weight is 498 g/mol. The Kier molecular flexibility index (Phi) is 8.34. The van der Waals surface area contributed by atoms with Gasteiger partial charge in [-0.15, -0.1) is 0 Å². The standard InChI is InChI=1S/C24H27N5O7/c1-32-19-8-17(5-6-18(19)20-10-26-14-35-20)29-23(30)28-16-4-2-3-15(7-16)9-27-24(31)36-22-12-33-11-21(22)34-13-25/h2-8,10,14,21-22H,9,11-13,25H2,1H3,(H,27,31)(H2,28,29,30). The van der Waals surface area contributed by atoms with Gasteiger partial charge in [-0.2, -0.15) is 0 Å². The summed E-state index contributed by atoms with van der Waals surface area (Å²) in [4.78, 5) is 28.6. The predicted octanol–water partition coefficient (Wildman–Crippen LogP) is 2.92. The first-order valence-corrected chi connectivity index (χ1v) is 11.1. The molecule has 1 saturated heterocycles. The van der Waals surface area contributed by atoms with Gasteiger partial charge in [-0.05, 0) is 29.8 Å². The van der Waals surface area contributed by atoms with Gasteiger partial charge in [0.15, 0.2) is 18.3 Å². The summed E-state index contributed by atoms with van der Waals surface area (Å²) >= 11 is 0. The Bertz CT molecular complexity index is 1170. The summed E-state index contributed by atoms with van der Waals surface area (Å²) in [5, 5.41) is 8.21. The molecule has 2 aromatic carbocycles. The number of anilines is 2. The van der Waals surface area contributed by atoms with Crippen molar-refractivity contribution in [1.82, 2.24) is 10.3 Å². The number of nitrogens with one attached hydrogen (secondary N) is 3. The van der Waals surface area contributed by atoms with Gasteiger partial charge in [0.05, 0.1) is 38.8 Å². The summed E-state index contributed by atoms with van der Waals surface area (Å²) in [5.41, 5.74) is 7.94. The highest BCUT2D eigenvalue weighted by molar-refractivity contribution is 6.00. The van der Waals surface area contributed by atoms with E-state index in [2.05, 4.69) is 20.9 Å². The second-order valence-electron chi connectivity index (χ2n) is 7.77. The topological polar surface area (TPSA) is 159 Å².